The van der Waals surface area contributed by atoms with Crippen LogP contribution in [0.5, 0.6) is 0 Å². The molecular formula is C18H22N4. The largest absolute Gasteiger partial charge is 0.346 e. The topological polar surface area (TPSA) is 44.8 Å². The number of hydrogen-bond donors (Lipinski definition) is 1. The molecular weight excluding hydrogens is 272 g/mol. The Hall–Kier alpha value is -2.36. The molecule has 0 bridgehead atoms. The van der Waals surface area contributed by atoms with Gasteiger partial charge >= 0.3 is 0 Å². The Labute approximate surface area is 131 Å². The molecule has 0 unspecified atom stereocenters. The van der Waals surface area contributed by atoms with Crippen LogP contribution in [0.3, 0.4) is 0 Å². The molecule has 0 saturated heterocycles. The first kappa shape index (κ1) is 14.6. The molecule has 0 aliphatic rings. The molecule has 22 heavy (non-hydrogen) atoms. The number of benzene rings is 1. The van der Waals surface area contributed by atoms with E-state index in [2.05, 4.69) is 49.7 Å². The molecule has 1 aromatic carbocycles. The smallest absolute Gasteiger partial charge is 0.232 e. The van der Waals surface area contributed by atoms with Gasteiger partial charge in [-0.15, -0.1) is 0 Å². The lowest BCUT2D eigenvalue weighted by Gasteiger charge is -2.25. The zero-order valence-electron chi connectivity index (χ0n) is 13.9. The fourth-order valence-electron chi connectivity index (χ4n) is 3.20. The summed E-state index contributed by atoms with van der Waals surface area (Å²) in [6.07, 6.45) is 1.91. The molecule has 0 atom stereocenters. The number of anilines is 2. The molecule has 3 rings (SSSR count). The Morgan fingerprint density at radius 3 is 2.36 bits per heavy atom. The van der Waals surface area contributed by atoms with Crippen molar-refractivity contribution in [3.8, 4) is 0 Å². The van der Waals surface area contributed by atoms with E-state index >= 15 is 0 Å². The van der Waals surface area contributed by atoms with Crippen molar-refractivity contribution in [1.29, 1.82) is 0 Å². The van der Waals surface area contributed by atoms with Gasteiger partial charge in [0.05, 0.1) is 5.69 Å². The molecule has 0 amide bonds. The summed E-state index contributed by atoms with van der Waals surface area (Å²) in [4.78, 5) is 14.8. The number of fused-ring (bicyclic) bond motifs is 1. The molecule has 4 nitrogen and oxygen atoms in total. The van der Waals surface area contributed by atoms with Crippen molar-refractivity contribution in [2.45, 2.75) is 34.6 Å². The summed E-state index contributed by atoms with van der Waals surface area (Å²) >= 11 is 0. The van der Waals surface area contributed by atoms with Crippen molar-refractivity contribution < 1.29 is 0 Å². The van der Waals surface area contributed by atoms with E-state index in [1.54, 1.807) is 0 Å². The van der Waals surface area contributed by atoms with Gasteiger partial charge in [-0.25, -0.2) is 4.98 Å². The van der Waals surface area contributed by atoms with Crippen LogP contribution in [0.15, 0.2) is 24.4 Å². The van der Waals surface area contributed by atoms with Crippen LogP contribution in [0.25, 0.3) is 11.0 Å². The molecule has 0 aliphatic heterocycles. The average molecular weight is 294 g/mol. The number of aromatic amines is 1. The van der Waals surface area contributed by atoms with Gasteiger partial charge in [0.2, 0.25) is 5.95 Å². The molecule has 0 saturated carbocycles. The average Bonchev–Trinajstić information content (AvgIpc) is 2.91. The maximum absolute atomic E-state index is 4.72. The molecule has 0 spiro atoms. The van der Waals surface area contributed by atoms with Crippen LogP contribution in [0.2, 0.25) is 0 Å². The standard InChI is InChI=1S/C18H22N4/c1-6-22(16-12(3)9-11(2)10-13(16)4)18-20-14(5)15-7-8-19-17(15)21-18/h7-10H,6H2,1-5H3,(H,19,20,21). The zero-order chi connectivity index (χ0) is 15.9. The minimum atomic E-state index is 0.755. The van der Waals surface area contributed by atoms with Crippen LogP contribution in [0.4, 0.5) is 11.6 Å². The van der Waals surface area contributed by atoms with Gasteiger partial charge in [-0.2, -0.15) is 4.98 Å². The Morgan fingerprint density at radius 2 is 1.73 bits per heavy atom. The maximum Gasteiger partial charge on any atom is 0.232 e. The fourth-order valence-corrected chi connectivity index (χ4v) is 3.20. The second-order valence-corrected chi connectivity index (χ2v) is 5.84. The summed E-state index contributed by atoms with van der Waals surface area (Å²) in [5.41, 5.74) is 6.90. The molecule has 1 N–H and O–H groups in total. The van der Waals surface area contributed by atoms with E-state index in [4.69, 9.17) is 9.97 Å². The van der Waals surface area contributed by atoms with E-state index in [0.717, 1.165) is 29.2 Å². The van der Waals surface area contributed by atoms with Crippen molar-refractivity contribution in [3.63, 3.8) is 0 Å². The molecule has 2 aromatic heterocycles. The normalized spacial score (nSPS) is 11.1. The molecule has 4 heteroatoms. The molecule has 0 fully saturated rings. The summed E-state index contributed by atoms with van der Waals surface area (Å²) in [5, 5.41) is 1.08. The van der Waals surface area contributed by atoms with Gasteiger partial charge in [-0.1, -0.05) is 17.7 Å². The minimum absolute atomic E-state index is 0.755. The van der Waals surface area contributed by atoms with E-state index < -0.39 is 0 Å². The SMILES string of the molecule is CCN(c1nc(C)c2cc[nH]c2n1)c1c(C)cc(C)cc1C. The molecule has 2 heterocycles. The fraction of sp³-hybridized carbons (Fsp3) is 0.333. The highest BCUT2D eigenvalue weighted by Gasteiger charge is 2.17. The van der Waals surface area contributed by atoms with Crippen LogP contribution < -0.4 is 4.90 Å². The van der Waals surface area contributed by atoms with Crippen LogP contribution in [0.1, 0.15) is 29.3 Å². The quantitative estimate of drug-likeness (QED) is 0.781. The first-order valence-electron chi connectivity index (χ1n) is 7.68. The molecule has 114 valence electrons. The lowest BCUT2D eigenvalue weighted by Crippen LogP contribution is -2.21. The van der Waals surface area contributed by atoms with Gasteiger partial charge in [0, 0.05) is 23.8 Å². The number of H-pyrrole nitrogens is 1. The Bertz CT molecular complexity index is 809. The number of nitrogens with zero attached hydrogens (tertiary/aromatic N) is 3. The third-order valence-corrected chi connectivity index (χ3v) is 4.06. The van der Waals surface area contributed by atoms with Gasteiger partial charge in [0.1, 0.15) is 5.65 Å². The third-order valence-electron chi connectivity index (χ3n) is 4.06. The molecule has 0 aliphatic carbocycles. The van der Waals surface area contributed by atoms with Crippen molar-refractivity contribution in [2.24, 2.45) is 0 Å². The number of rotatable bonds is 3. The third kappa shape index (κ3) is 2.34. The van der Waals surface area contributed by atoms with Crippen LogP contribution in [-0.4, -0.2) is 21.5 Å². The summed E-state index contributed by atoms with van der Waals surface area (Å²) in [7, 11) is 0. The number of nitrogens with one attached hydrogen (secondary N) is 1. The Kier molecular flexibility index (Phi) is 3.61. The van der Waals surface area contributed by atoms with E-state index in [-0.39, 0.29) is 0 Å². The Balaban J connectivity index is 2.18. The van der Waals surface area contributed by atoms with E-state index in [0.29, 0.717) is 0 Å². The highest BCUT2D eigenvalue weighted by atomic mass is 15.3. The summed E-state index contributed by atoms with van der Waals surface area (Å²) in [6.45, 7) is 11.4. The summed E-state index contributed by atoms with van der Waals surface area (Å²) in [6, 6.07) is 6.45. The van der Waals surface area contributed by atoms with E-state index in [9.17, 15) is 0 Å². The number of aryl methyl sites for hydroxylation is 4. The predicted molar refractivity (Wildman–Crippen MR) is 92.0 cm³/mol. The minimum Gasteiger partial charge on any atom is -0.346 e. The van der Waals surface area contributed by atoms with Gasteiger partial charge in [-0.3, -0.25) is 0 Å². The number of aromatic nitrogens is 3. The van der Waals surface area contributed by atoms with E-state index in [1.807, 2.05) is 19.2 Å². The van der Waals surface area contributed by atoms with Gasteiger partial charge in [0.25, 0.3) is 0 Å². The van der Waals surface area contributed by atoms with Crippen LogP contribution >= 0.6 is 0 Å². The Morgan fingerprint density at radius 1 is 1.05 bits per heavy atom. The lowest BCUT2D eigenvalue weighted by atomic mass is 10.0. The monoisotopic (exact) mass is 294 g/mol. The molecule has 0 radical (unpaired) electrons. The zero-order valence-corrected chi connectivity index (χ0v) is 13.9. The van der Waals surface area contributed by atoms with Crippen molar-refractivity contribution >= 4 is 22.7 Å². The van der Waals surface area contributed by atoms with Gasteiger partial charge in [0.15, 0.2) is 0 Å². The lowest BCUT2D eigenvalue weighted by molar-refractivity contribution is 0.934. The van der Waals surface area contributed by atoms with Gasteiger partial charge < -0.3 is 9.88 Å². The number of hydrogen-bond acceptors (Lipinski definition) is 3. The second-order valence-electron chi connectivity index (χ2n) is 5.84. The summed E-state index contributed by atoms with van der Waals surface area (Å²) < 4.78 is 0. The molecule has 3 aromatic rings. The van der Waals surface area contributed by atoms with Crippen molar-refractivity contribution in [3.05, 3.63) is 46.8 Å². The predicted octanol–water partition coefficient (Wildman–Crippen LogP) is 4.35. The first-order valence-corrected chi connectivity index (χ1v) is 7.68. The van der Waals surface area contributed by atoms with Crippen LogP contribution in [-0.2, 0) is 0 Å². The van der Waals surface area contributed by atoms with E-state index in [1.165, 1.54) is 22.4 Å². The maximum atomic E-state index is 4.72. The second kappa shape index (κ2) is 5.44. The van der Waals surface area contributed by atoms with Crippen LogP contribution in [0, 0.1) is 27.7 Å². The van der Waals surface area contributed by atoms with Crippen molar-refractivity contribution in [1.82, 2.24) is 15.0 Å². The van der Waals surface area contributed by atoms with Gasteiger partial charge in [-0.05, 0) is 51.8 Å². The highest BCUT2D eigenvalue weighted by molar-refractivity contribution is 5.80. The first-order chi connectivity index (χ1) is 10.5. The summed E-state index contributed by atoms with van der Waals surface area (Å²) in [5.74, 6) is 0.755. The highest BCUT2D eigenvalue weighted by Crippen LogP contribution is 2.31. The van der Waals surface area contributed by atoms with Crippen molar-refractivity contribution in [2.75, 3.05) is 11.4 Å².